The molecule has 5 nitrogen and oxygen atoms in total. The number of hydrogen-bond acceptors (Lipinski definition) is 5. The van der Waals surface area contributed by atoms with E-state index in [0.717, 1.165) is 0 Å². The number of carbonyl (C=O) groups is 1. The van der Waals surface area contributed by atoms with E-state index in [1.165, 1.54) is 25.3 Å². The van der Waals surface area contributed by atoms with Crippen molar-refractivity contribution >= 4 is 21.9 Å². The Bertz CT molecular complexity index is 407. The zero-order valence-electron chi connectivity index (χ0n) is 9.13. The molecule has 0 radical (unpaired) electrons. The van der Waals surface area contributed by atoms with Crippen molar-refractivity contribution in [1.29, 1.82) is 0 Å². The predicted octanol–water partition coefficient (Wildman–Crippen LogP) is 0.622. The van der Waals surface area contributed by atoms with Crippen LogP contribution in [0.25, 0.3) is 0 Å². The number of ether oxygens (including phenoxy) is 1. The number of aliphatic hydroxyl groups excluding tert-OH is 3. The van der Waals surface area contributed by atoms with E-state index < -0.39 is 24.8 Å². The minimum Gasteiger partial charge on any atom is -0.465 e. The van der Waals surface area contributed by atoms with Gasteiger partial charge in [0.1, 0.15) is 12.2 Å². The van der Waals surface area contributed by atoms with E-state index in [1.807, 2.05) is 0 Å². The number of esters is 1. The van der Waals surface area contributed by atoms with E-state index >= 15 is 0 Å². The third-order valence-corrected chi connectivity index (χ3v) is 2.98. The molecule has 1 aromatic rings. The Morgan fingerprint density at radius 3 is 2.59 bits per heavy atom. The molecule has 0 spiro atoms. The molecular weight excluding hydrogens is 292 g/mol. The van der Waals surface area contributed by atoms with Crippen LogP contribution in [0.15, 0.2) is 22.7 Å². The second kappa shape index (κ2) is 6.11. The summed E-state index contributed by atoms with van der Waals surface area (Å²) in [6, 6.07) is 4.44. The lowest BCUT2D eigenvalue weighted by Gasteiger charge is -2.17. The second-order valence-corrected chi connectivity index (χ2v) is 4.28. The highest BCUT2D eigenvalue weighted by molar-refractivity contribution is 9.10. The fourth-order valence-corrected chi connectivity index (χ4v) is 1.93. The lowest BCUT2D eigenvalue weighted by molar-refractivity contribution is -0.0156. The molecule has 0 fully saturated rings. The second-order valence-electron chi connectivity index (χ2n) is 3.42. The van der Waals surface area contributed by atoms with Gasteiger partial charge in [-0.15, -0.1) is 0 Å². The van der Waals surface area contributed by atoms with Gasteiger partial charge in [-0.05, 0) is 17.7 Å². The molecular formula is C11H13BrO5. The van der Waals surface area contributed by atoms with Gasteiger partial charge in [-0.1, -0.05) is 22.0 Å². The first-order valence-electron chi connectivity index (χ1n) is 4.86. The van der Waals surface area contributed by atoms with Crippen molar-refractivity contribution in [2.45, 2.75) is 12.2 Å². The van der Waals surface area contributed by atoms with Crippen LogP contribution in [0.1, 0.15) is 22.0 Å². The van der Waals surface area contributed by atoms with Gasteiger partial charge >= 0.3 is 5.97 Å². The molecule has 1 rings (SSSR count). The average Bonchev–Trinajstić information content (AvgIpc) is 2.35. The maximum absolute atomic E-state index is 11.2. The summed E-state index contributed by atoms with van der Waals surface area (Å²) < 4.78 is 5.01. The molecule has 0 aromatic heterocycles. The van der Waals surface area contributed by atoms with E-state index in [4.69, 9.17) is 5.11 Å². The van der Waals surface area contributed by atoms with E-state index in [2.05, 4.69) is 20.7 Å². The van der Waals surface area contributed by atoms with Gasteiger partial charge in [-0.3, -0.25) is 0 Å². The maximum Gasteiger partial charge on any atom is 0.337 e. The molecule has 0 heterocycles. The van der Waals surface area contributed by atoms with Gasteiger partial charge in [0.15, 0.2) is 0 Å². The molecule has 3 N–H and O–H groups in total. The molecule has 94 valence electrons. The van der Waals surface area contributed by atoms with Gasteiger partial charge in [0.05, 0.1) is 19.3 Å². The van der Waals surface area contributed by atoms with E-state index in [-0.39, 0.29) is 0 Å². The highest BCUT2D eigenvalue weighted by atomic mass is 79.9. The third kappa shape index (κ3) is 3.26. The van der Waals surface area contributed by atoms with Crippen molar-refractivity contribution in [2.75, 3.05) is 13.7 Å². The summed E-state index contributed by atoms with van der Waals surface area (Å²) >= 11 is 3.18. The van der Waals surface area contributed by atoms with E-state index in [0.29, 0.717) is 15.6 Å². The van der Waals surface area contributed by atoms with Crippen LogP contribution in [0.3, 0.4) is 0 Å². The minimum atomic E-state index is -1.27. The molecule has 0 saturated heterocycles. The van der Waals surface area contributed by atoms with E-state index in [9.17, 15) is 15.0 Å². The molecule has 0 aliphatic rings. The molecule has 0 aliphatic carbocycles. The van der Waals surface area contributed by atoms with Gasteiger partial charge in [0.2, 0.25) is 0 Å². The molecule has 0 aliphatic heterocycles. The summed E-state index contributed by atoms with van der Waals surface area (Å²) in [5.41, 5.74) is 0.716. The Labute approximate surface area is 107 Å². The van der Waals surface area contributed by atoms with Crippen LogP contribution >= 0.6 is 15.9 Å². The first-order chi connectivity index (χ1) is 8.01. The Hall–Kier alpha value is -0.950. The Morgan fingerprint density at radius 2 is 2.12 bits per heavy atom. The van der Waals surface area contributed by atoms with Gasteiger partial charge in [-0.25, -0.2) is 4.79 Å². The number of methoxy groups -OCH3 is 1. The summed E-state index contributed by atoms with van der Waals surface area (Å²) in [6.45, 7) is -0.549. The normalized spacial score (nSPS) is 14.2. The number of rotatable bonds is 4. The Morgan fingerprint density at radius 1 is 1.47 bits per heavy atom. The summed E-state index contributed by atoms with van der Waals surface area (Å²) in [6.07, 6.45) is -2.49. The standard InChI is InChI=1S/C11H13BrO5/c1-17-11(16)6-2-3-7(8(12)4-6)10(15)9(14)5-13/h2-4,9-10,13-15H,5H2,1H3. The number of hydrogen-bond donors (Lipinski definition) is 3. The largest absolute Gasteiger partial charge is 0.465 e. The number of benzene rings is 1. The van der Waals surface area contributed by atoms with Crippen LogP contribution < -0.4 is 0 Å². The lowest BCUT2D eigenvalue weighted by Crippen LogP contribution is -2.22. The Kier molecular flexibility index (Phi) is 5.07. The smallest absolute Gasteiger partial charge is 0.337 e. The monoisotopic (exact) mass is 304 g/mol. The van der Waals surface area contributed by atoms with Crippen LogP contribution in [0.4, 0.5) is 0 Å². The molecule has 0 saturated carbocycles. The topological polar surface area (TPSA) is 87.0 Å². The molecule has 2 unspecified atom stereocenters. The van der Waals surface area contributed by atoms with Crippen molar-refractivity contribution in [3.05, 3.63) is 33.8 Å². The van der Waals surface area contributed by atoms with Crippen LogP contribution in [0.5, 0.6) is 0 Å². The van der Waals surface area contributed by atoms with Crippen molar-refractivity contribution < 1.29 is 24.9 Å². The third-order valence-electron chi connectivity index (χ3n) is 2.29. The molecule has 1 aromatic carbocycles. The molecule has 2 atom stereocenters. The first-order valence-corrected chi connectivity index (χ1v) is 5.65. The van der Waals surface area contributed by atoms with Gasteiger partial charge in [0.25, 0.3) is 0 Å². The fourth-order valence-electron chi connectivity index (χ4n) is 1.32. The summed E-state index contributed by atoms with van der Waals surface area (Å²) in [4.78, 5) is 11.2. The summed E-state index contributed by atoms with van der Waals surface area (Å²) in [5, 5.41) is 27.8. The maximum atomic E-state index is 11.2. The summed E-state index contributed by atoms with van der Waals surface area (Å²) in [7, 11) is 1.27. The van der Waals surface area contributed by atoms with Crippen molar-refractivity contribution in [3.8, 4) is 0 Å². The van der Waals surface area contributed by atoms with Crippen LogP contribution in [-0.4, -0.2) is 41.1 Å². The quantitative estimate of drug-likeness (QED) is 0.710. The summed E-state index contributed by atoms with van der Waals surface area (Å²) in [5.74, 6) is -0.491. The molecule has 0 bridgehead atoms. The predicted molar refractivity (Wildman–Crippen MR) is 63.5 cm³/mol. The van der Waals surface area contributed by atoms with Crippen LogP contribution in [-0.2, 0) is 4.74 Å². The van der Waals surface area contributed by atoms with Crippen LogP contribution in [0.2, 0.25) is 0 Å². The molecule has 0 amide bonds. The van der Waals surface area contributed by atoms with Gasteiger partial charge in [-0.2, -0.15) is 0 Å². The van der Waals surface area contributed by atoms with Crippen LogP contribution in [0, 0.1) is 0 Å². The minimum absolute atomic E-state index is 0.328. The Balaban J connectivity index is 3.01. The van der Waals surface area contributed by atoms with Crippen molar-refractivity contribution in [1.82, 2.24) is 0 Å². The highest BCUT2D eigenvalue weighted by Crippen LogP contribution is 2.27. The molecule has 17 heavy (non-hydrogen) atoms. The number of halogens is 1. The zero-order valence-corrected chi connectivity index (χ0v) is 10.7. The number of aliphatic hydroxyl groups is 3. The fraction of sp³-hybridized carbons (Fsp3) is 0.364. The first kappa shape index (κ1) is 14.1. The van der Waals surface area contributed by atoms with Crippen molar-refractivity contribution in [2.24, 2.45) is 0 Å². The average molecular weight is 305 g/mol. The van der Waals surface area contributed by atoms with Crippen molar-refractivity contribution in [3.63, 3.8) is 0 Å². The number of carbonyl (C=O) groups excluding carboxylic acids is 1. The highest BCUT2D eigenvalue weighted by Gasteiger charge is 2.20. The SMILES string of the molecule is COC(=O)c1ccc(C(O)C(O)CO)c(Br)c1. The molecule has 6 heteroatoms. The zero-order chi connectivity index (χ0) is 13.0. The van der Waals surface area contributed by atoms with Gasteiger partial charge in [0, 0.05) is 4.47 Å². The lowest BCUT2D eigenvalue weighted by atomic mass is 10.0. The van der Waals surface area contributed by atoms with Gasteiger partial charge < -0.3 is 20.1 Å². The van der Waals surface area contributed by atoms with E-state index in [1.54, 1.807) is 0 Å².